The number of rotatable bonds is 6. The van der Waals surface area contributed by atoms with Crippen molar-refractivity contribution in [3.8, 4) is 0 Å². The molecule has 3 N–H and O–H groups in total. The smallest absolute Gasteiger partial charge is 0.222 e. The Morgan fingerprint density at radius 1 is 1.35 bits per heavy atom. The number of aromatic amines is 1. The summed E-state index contributed by atoms with van der Waals surface area (Å²) in [6.07, 6.45) is 1.40. The van der Waals surface area contributed by atoms with Crippen LogP contribution in [0.3, 0.4) is 0 Å². The van der Waals surface area contributed by atoms with Gasteiger partial charge in [-0.3, -0.25) is 4.79 Å². The Kier molecular flexibility index (Phi) is 9.79. The van der Waals surface area contributed by atoms with Crippen molar-refractivity contribution in [2.75, 3.05) is 18.1 Å². The van der Waals surface area contributed by atoms with E-state index >= 15 is 0 Å². The highest BCUT2D eigenvalue weighted by atomic mass is 35.5. The zero-order valence-electron chi connectivity index (χ0n) is 15.2. The zero-order chi connectivity index (χ0) is 16.9. The number of imidazole rings is 1. The molecule has 5 nitrogen and oxygen atoms in total. The van der Waals surface area contributed by atoms with Gasteiger partial charge < -0.3 is 15.6 Å². The molecule has 1 aliphatic rings. The van der Waals surface area contributed by atoms with Crippen LogP contribution in [-0.2, 0) is 4.79 Å². The van der Waals surface area contributed by atoms with Crippen LogP contribution in [0.2, 0.25) is 0 Å². The highest BCUT2D eigenvalue weighted by Gasteiger charge is 2.22. The van der Waals surface area contributed by atoms with Crippen LogP contribution in [0.5, 0.6) is 0 Å². The minimum atomic E-state index is -0.0684. The number of hydrogen-bond acceptors (Lipinski definition) is 4. The van der Waals surface area contributed by atoms with Crippen LogP contribution >= 0.6 is 36.6 Å². The Bertz CT molecular complexity index is 656. The first-order chi connectivity index (χ1) is 11.6. The number of carbonyl (C=O) groups is 1. The Labute approximate surface area is 171 Å². The average Bonchev–Trinajstić information content (AvgIpc) is 2.98. The topological polar surface area (TPSA) is 69.8 Å². The molecule has 3 rings (SSSR count). The molecular weight excluding hydrogens is 391 g/mol. The molecule has 1 saturated heterocycles. The van der Waals surface area contributed by atoms with E-state index in [1.807, 2.05) is 36.0 Å². The highest BCUT2D eigenvalue weighted by Crippen LogP contribution is 2.22. The third-order valence-corrected chi connectivity index (χ3v) is 5.34. The molecule has 1 aromatic heterocycles. The lowest BCUT2D eigenvalue weighted by Crippen LogP contribution is -2.42. The van der Waals surface area contributed by atoms with Gasteiger partial charge in [0.05, 0.1) is 17.1 Å². The second-order valence-electron chi connectivity index (χ2n) is 6.82. The van der Waals surface area contributed by atoms with Crippen molar-refractivity contribution in [2.24, 2.45) is 5.92 Å². The largest absolute Gasteiger partial charge is 0.346 e. The van der Waals surface area contributed by atoms with Gasteiger partial charge in [0, 0.05) is 30.5 Å². The Morgan fingerprint density at radius 3 is 2.77 bits per heavy atom. The molecule has 26 heavy (non-hydrogen) atoms. The molecule has 2 atom stereocenters. The molecule has 2 heterocycles. The summed E-state index contributed by atoms with van der Waals surface area (Å²) >= 11 is 1.91. The van der Waals surface area contributed by atoms with Gasteiger partial charge in [0.25, 0.3) is 0 Å². The van der Waals surface area contributed by atoms with Gasteiger partial charge in [-0.15, -0.1) is 24.8 Å². The van der Waals surface area contributed by atoms with Crippen LogP contribution in [0.1, 0.15) is 38.6 Å². The molecule has 0 aliphatic carbocycles. The maximum Gasteiger partial charge on any atom is 0.222 e. The summed E-state index contributed by atoms with van der Waals surface area (Å²) in [5, 5.41) is 6.61. The molecule has 0 bridgehead atoms. The minimum absolute atomic E-state index is 0. The number of halogens is 2. The average molecular weight is 419 g/mol. The van der Waals surface area contributed by atoms with Crippen LogP contribution in [-0.4, -0.2) is 40.0 Å². The molecule has 146 valence electrons. The summed E-state index contributed by atoms with van der Waals surface area (Å²) < 4.78 is 0. The van der Waals surface area contributed by atoms with Gasteiger partial charge >= 0.3 is 0 Å². The van der Waals surface area contributed by atoms with Gasteiger partial charge in [0.1, 0.15) is 5.82 Å². The van der Waals surface area contributed by atoms with Crippen LogP contribution < -0.4 is 10.6 Å². The highest BCUT2D eigenvalue weighted by molar-refractivity contribution is 7.99. The fourth-order valence-corrected chi connectivity index (χ4v) is 4.02. The van der Waals surface area contributed by atoms with E-state index in [2.05, 4.69) is 34.4 Å². The molecular formula is C18H28Cl2N4OS. The zero-order valence-corrected chi connectivity index (χ0v) is 17.6. The third kappa shape index (κ3) is 6.34. The summed E-state index contributed by atoms with van der Waals surface area (Å²) in [7, 11) is 0. The quantitative estimate of drug-likeness (QED) is 0.668. The second kappa shape index (κ2) is 11.0. The molecule has 0 saturated carbocycles. The van der Waals surface area contributed by atoms with Gasteiger partial charge in [0.15, 0.2) is 0 Å². The number of nitrogens with zero attached hydrogens (tertiary/aromatic N) is 1. The van der Waals surface area contributed by atoms with Crippen molar-refractivity contribution >= 4 is 53.5 Å². The Hall–Kier alpha value is -0.950. The summed E-state index contributed by atoms with van der Waals surface area (Å²) in [5.41, 5.74) is 1.96. The van der Waals surface area contributed by atoms with Crippen molar-refractivity contribution in [1.82, 2.24) is 20.6 Å². The van der Waals surface area contributed by atoms with E-state index in [1.165, 1.54) is 0 Å². The second-order valence-corrected chi connectivity index (χ2v) is 7.97. The summed E-state index contributed by atoms with van der Waals surface area (Å²) in [6, 6.07) is 8.19. The van der Waals surface area contributed by atoms with Crippen LogP contribution in [0, 0.1) is 5.92 Å². The first-order valence-corrected chi connectivity index (χ1v) is 9.82. The standard InChI is InChI=1S/C18H26N4OS.2ClH/c1-12(2)9-16(18-21-14-5-3-4-6-15(14)22-18)20-17(23)10-13-11-24-8-7-19-13;;/h3-6,12-13,16,19H,7-11H2,1-2H3,(H,20,23)(H,21,22);2*1H. The van der Waals surface area contributed by atoms with Crippen molar-refractivity contribution in [3.63, 3.8) is 0 Å². The fourth-order valence-electron chi connectivity index (χ4n) is 3.08. The van der Waals surface area contributed by atoms with E-state index in [1.54, 1.807) is 0 Å². The molecule has 0 radical (unpaired) electrons. The predicted octanol–water partition coefficient (Wildman–Crippen LogP) is 3.71. The number of hydrogen-bond donors (Lipinski definition) is 3. The monoisotopic (exact) mass is 418 g/mol. The van der Waals surface area contributed by atoms with Crippen molar-refractivity contribution in [2.45, 2.75) is 38.8 Å². The van der Waals surface area contributed by atoms with Gasteiger partial charge in [-0.25, -0.2) is 4.98 Å². The van der Waals surface area contributed by atoms with E-state index in [9.17, 15) is 4.79 Å². The predicted molar refractivity (Wildman–Crippen MR) is 115 cm³/mol. The number of thioether (sulfide) groups is 1. The molecule has 8 heteroatoms. The molecule has 1 fully saturated rings. The maximum absolute atomic E-state index is 12.5. The van der Waals surface area contributed by atoms with Crippen molar-refractivity contribution in [3.05, 3.63) is 30.1 Å². The van der Waals surface area contributed by atoms with Crippen LogP contribution in [0.15, 0.2) is 24.3 Å². The van der Waals surface area contributed by atoms with Gasteiger partial charge in [-0.1, -0.05) is 26.0 Å². The van der Waals surface area contributed by atoms with E-state index in [4.69, 9.17) is 0 Å². The number of fused-ring (bicyclic) bond motifs is 1. The summed E-state index contributed by atoms with van der Waals surface area (Å²) in [6.45, 7) is 5.32. The normalized spacial score (nSPS) is 18.0. The molecule has 1 aliphatic heterocycles. The lowest BCUT2D eigenvalue weighted by molar-refractivity contribution is -0.122. The minimum Gasteiger partial charge on any atom is -0.346 e. The molecule has 1 aromatic carbocycles. The van der Waals surface area contributed by atoms with Gasteiger partial charge in [-0.05, 0) is 24.5 Å². The summed E-state index contributed by atoms with van der Waals surface area (Å²) in [5.74, 6) is 3.57. The first kappa shape index (κ1) is 23.1. The fraction of sp³-hybridized carbons (Fsp3) is 0.556. The van der Waals surface area contributed by atoms with E-state index in [0.717, 1.165) is 41.3 Å². The van der Waals surface area contributed by atoms with Crippen LogP contribution in [0.25, 0.3) is 11.0 Å². The third-order valence-electron chi connectivity index (χ3n) is 4.21. The van der Waals surface area contributed by atoms with E-state index in [0.29, 0.717) is 12.3 Å². The van der Waals surface area contributed by atoms with Crippen molar-refractivity contribution in [1.29, 1.82) is 0 Å². The number of nitrogens with one attached hydrogen (secondary N) is 3. The molecule has 0 spiro atoms. The molecule has 2 unspecified atom stereocenters. The number of H-pyrrole nitrogens is 1. The number of amides is 1. The van der Waals surface area contributed by atoms with Crippen LogP contribution in [0.4, 0.5) is 0 Å². The lowest BCUT2D eigenvalue weighted by atomic mass is 10.0. The van der Waals surface area contributed by atoms with E-state index < -0.39 is 0 Å². The first-order valence-electron chi connectivity index (χ1n) is 8.67. The number of aromatic nitrogens is 2. The number of carbonyl (C=O) groups excluding carboxylic acids is 1. The lowest BCUT2D eigenvalue weighted by Gasteiger charge is -2.24. The maximum atomic E-state index is 12.5. The summed E-state index contributed by atoms with van der Waals surface area (Å²) in [4.78, 5) is 20.5. The Balaban J connectivity index is 0.00000169. The SMILES string of the molecule is CC(C)CC(NC(=O)CC1CSCCN1)c1nc2ccccc2[nH]1.Cl.Cl. The van der Waals surface area contributed by atoms with E-state index in [-0.39, 0.29) is 42.8 Å². The molecule has 2 aromatic rings. The molecule has 1 amide bonds. The van der Waals surface area contributed by atoms with Crippen molar-refractivity contribution < 1.29 is 4.79 Å². The number of benzene rings is 1. The number of para-hydroxylation sites is 2. The Morgan fingerprint density at radius 2 is 2.12 bits per heavy atom. The van der Waals surface area contributed by atoms with Gasteiger partial charge in [-0.2, -0.15) is 11.8 Å². The van der Waals surface area contributed by atoms with Gasteiger partial charge in [0.2, 0.25) is 5.91 Å².